The smallest absolute Gasteiger partial charge is 0.381 e. The van der Waals surface area contributed by atoms with Crippen LogP contribution in [0.5, 0.6) is 0 Å². The van der Waals surface area contributed by atoms with Crippen molar-refractivity contribution in [1.29, 1.82) is 0 Å². The molecule has 45 heavy (non-hydrogen) atoms. The number of thiol groups is 1. The molecule has 19 nitrogen and oxygen atoms in total. The van der Waals surface area contributed by atoms with Gasteiger partial charge >= 0.3 is 13.5 Å². The van der Waals surface area contributed by atoms with Gasteiger partial charge in [-0.15, -0.1) is 0 Å². The number of hydrogen-bond acceptors (Lipinski definition) is 16. The van der Waals surface area contributed by atoms with Gasteiger partial charge in [0.15, 0.2) is 35.0 Å². The van der Waals surface area contributed by atoms with Crippen LogP contribution in [0.4, 0.5) is 16.2 Å². The molecule has 2 unspecified atom stereocenters. The summed E-state index contributed by atoms with van der Waals surface area (Å²) in [5.41, 5.74) is 11.8. The molecule has 0 aromatic carbocycles. The zero-order valence-electron chi connectivity index (χ0n) is 23.2. The van der Waals surface area contributed by atoms with E-state index in [4.69, 9.17) is 50.8 Å². The number of halogens is 1. The van der Waals surface area contributed by atoms with Crippen LogP contribution in [-0.4, -0.2) is 88.8 Å². The number of nitrogens with one attached hydrogen (secondary N) is 1. The van der Waals surface area contributed by atoms with Crippen LogP contribution in [0.25, 0.3) is 16.8 Å². The van der Waals surface area contributed by atoms with Crippen molar-refractivity contribution in [2.75, 3.05) is 31.8 Å². The Morgan fingerprint density at radius 3 is 2.80 bits per heavy atom. The number of ether oxygens (including phenoxy) is 2. The molecule has 2 fully saturated rings. The number of anilines is 2. The van der Waals surface area contributed by atoms with Crippen LogP contribution in [0.1, 0.15) is 30.9 Å². The van der Waals surface area contributed by atoms with Gasteiger partial charge in [0.1, 0.15) is 24.6 Å². The number of nitrogen functional groups attached to an aromatic ring is 2. The molecule has 2 aliphatic rings. The van der Waals surface area contributed by atoms with Gasteiger partial charge in [-0.25, -0.2) is 28.4 Å². The number of hydrogen-bond donors (Lipinski definition) is 5. The molecule has 2 saturated heterocycles. The number of aromatic nitrogens is 8. The van der Waals surface area contributed by atoms with Crippen molar-refractivity contribution in [1.82, 2.24) is 39.1 Å². The van der Waals surface area contributed by atoms with Crippen molar-refractivity contribution >= 4 is 66.1 Å². The molecule has 0 aliphatic carbocycles. The summed E-state index contributed by atoms with van der Waals surface area (Å²) in [5, 5.41) is 4.17. The highest BCUT2D eigenvalue weighted by Gasteiger charge is 2.51. The second kappa shape index (κ2) is 12.5. The molecule has 0 radical (unpaired) electrons. The highest BCUT2D eigenvalue weighted by atomic mass is 32.7. The first-order chi connectivity index (χ1) is 21.4. The topological polar surface area (TPSA) is 251 Å². The highest BCUT2D eigenvalue weighted by Crippen LogP contribution is 2.57. The van der Waals surface area contributed by atoms with E-state index >= 15 is 4.39 Å². The lowest BCUT2D eigenvalue weighted by molar-refractivity contribution is -0.0458. The summed E-state index contributed by atoms with van der Waals surface area (Å²) in [4.78, 5) is 40.8. The van der Waals surface area contributed by atoms with Gasteiger partial charge in [0.05, 0.1) is 37.5 Å². The summed E-state index contributed by atoms with van der Waals surface area (Å²) in [5.74, 6) is -0.0215. The quantitative estimate of drug-likeness (QED) is 0.108. The summed E-state index contributed by atoms with van der Waals surface area (Å²) in [6.07, 6.45) is -2.31. The van der Waals surface area contributed by atoms with Crippen molar-refractivity contribution in [3.63, 3.8) is 0 Å². The van der Waals surface area contributed by atoms with Gasteiger partial charge in [0.2, 0.25) is 5.95 Å². The number of fused-ring (bicyclic) bond motifs is 2. The standard InChI is InChI=1S/C21H27FN10O9P2S2/c1-36-42(34,44)38-6-12-13(22)15(20(40-12)31-8-27-14-17(31)29-21(24)30-19(14)33)41-43(35,45)37-5-9-2-3-11(39-9)10-4-25-18-16(23)26-7-28-32(10)18/h4,7-9,11-13,15,20H,2-3,5-6H2,1H3,(H,34,44)(H,35,45)(H2,23,26,28)(H3,24,29,30,33)/t9-,11+,12+,13+,15+,20+,42?,43?/m0/s1. The number of H-pyrrole nitrogens is 1. The van der Waals surface area contributed by atoms with Crippen LogP contribution in [0.3, 0.4) is 0 Å². The molecule has 2 aliphatic heterocycles. The van der Waals surface area contributed by atoms with Gasteiger partial charge in [-0.3, -0.25) is 23.4 Å². The lowest BCUT2D eigenvalue weighted by Crippen LogP contribution is -2.32. The van der Waals surface area contributed by atoms with E-state index in [0.29, 0.717) is 24.2 Å². The van der Waals surface area contributed by atoms with E-state index in [1.807, 2.05) is 0 Å². The molecule has 4 aromatic heterocycles. The lowest BCUT2D eigenvalue weighted by Gasteiger charge is -2.24. The summed E-state index contributed by atoms with van der Waals surface area (Å²) in [7, 11) is 1.13. The SMILES string of the molecule is COP(O)(=S)OC[C@H]1O[C@@H](n2cnc3c(=O)[nH]c(N)nc32)[C@H](OP(=O)(S)OC[C@@H]2CC[C@H](c3cnc4c(N)ncnn34)O2)[C@@H]1F. The predicted molar refractivity (Wildman–Crippen MR) is 160 cm³/mol. The van der Waals surface area contributed by atoms with Crippen LogP contribution in [0.15, 0.2) is 23.6 Å². The molecule has 6 rings (SSSR count). The Labute approximate surface area is 262 Å². The molecule has 0 spiro atoms. The molecular weight excluding hydrogens is 681 g/mol. The molecule has 4 aromatic rings. The van der Waals surface area contributed by atoms with Gasteiger partial charge in [-0.2, -0.15) is 10.1 Å². The summed E-state index contributed by atoms with van der Waals surface area (Å²) in [6, 6.07) is 0. The first-order valence-electron chi connectivity index (χ1n) is 13.2. The Balaban J connectivity index is 1.17. The molecule has 244 valence electrons. The second-order valence-corrected chi connectivity index (χ2v) is 15.8. The fraction of sp³-hybridized carbons (Fsp3) is 0.524. The number of aromatic amines is 1. The largest absolute Gasteiger partial charge is 0.386 e. The highest BCUT2D eigenvalue weighted by molar-refractivity contribution is 8.44. The van der Waals surface area contributed by atoms with E-state index < -0.39 is 62.5 Å². The summed E-state index contributed by atoms with van der Waals surface area (Å²) >= 11 is 8.89. The summed E-state index contributed by atoms with van der Waals surface area (Å²) in [6.45, 7) is -8.75. The van der Waals surface area contributed by atoms with Gasteiger partial charge in [0.25, 0.3) is 5.56 Å². The van der Waals surface area contributed by atoms with E-state index in [2.05, 4.69) is 42.3 Å². The van der Waals surface area contributed by atoms with Gasteiger partial charge in [-0.05, 0) is 24.6 Å². The van der Waals surface area contributed by atoms with Gasteiger partial charge in [-0.1, -0.05) is 12.2 Å². The summed E-state index contributed by atoms with van der Waals surface area (Å²) < 4.78 is 64.9. The minimum Gasteiger partial charge on any atom is -0.381 e. The monoisotopic (exact) mass is 708 g/mol. The molecule has 0 amide bonds. The minimum atomic E-state index is -4.29. The Bertz CT molecular complexity index is 1880. The number of rotatable bonds is 11. The lowest BCUT2D eigenvalue weighted by atomic mass is 10.1. The number of alkyl halides is 1. The van der Waals surface area contributed by atoms with E-state index in [9.17, 15) is 14.3 Å². The average molecular weight is 709 g/mol. The zero-order valence-corrected chi connectivity index (χ0v) is 26.7. The Kier molecular flexibility index (Phi) is 9.00. The van der Waals surface area contributed by atoms with Crippen molar-refractivity contribution in [2.24, 2.45) is 0 Å². The minimum absolute atomic E-state index is 0.0625. The molecule has 0 saturated carbocycles. The maximum absolute atomic E-state index is 15.9. The fourth-order valence-electron chi connectivity index (χ4n) is 4.99. The van der Waals surface area contributed by atoms with Gasteiger partial charge < -0.3 is 34.9 Å². The number of nitrogens with two attached hydrogens (primary N) is 2. The maximum atomic E-state index is 15.9. The van der Waals surface area contributed by atoms with Crippen LogP contribution in [-0.2, 0) is 43.9 Å². The van der Waals surface area contributed by atoms with Gasteiger partial charge in [0, 0.05) is 7.11 Å². The van der Waals surface area contributed by atoms with Crippen molar-refractivity contribution in [3.05, 3.63) is 34.9 Å². The van der Waals surface area contributed by atoms with Crippen molar-refractivity contribution in [3.8, 4) is 0 Å². The normalized spacial score (nSPS) is 28.1. The van der Waals surface area contributed by atoms with E-state index in [1.165, 1.54) is 15.4 Å². The predicted octanol–water partition coefficient (Wildman–Crippen LogP) is 1.20. The molecule has 6 heterocycles. The molecular formula is C21H27FN10O9P2S2. The molecule has 8 atom stereocenters. The first kappa shape index (κ1) is 32.3. The molecule has 24 heteroatoms. The van der Waals surface area contributed by atoms with Crippen molar-refractivity contribution < 1.29 is 41.4 Å². The fourth-order valence-corrected chi connectivity index (χ4v) is 7.09. The average Bonchev–Trinajstić information content (AvgIpc) is 3.78. The molecule has 6 N–H and O–H groups in total. The van der Waals surface area contributed by atoms with Crippen LogP contribution in [0.2, 0.25) is 0 Å². The third-order valence-electron chi connectivity index (χ3n) is 7.10. The Morgan fingerprint density at radius 1 is 1.22 bits per heavy atom. The second-order valence-electron chi connectivity index (χ2n) is 9.95. The third-order valence-corrected chi connectivity index (χ3v) is 10.4. The zero-order chi connectivity index (χ0) is 32.1. The van der Waals surface area contributed by atoms with Crippen LogP contribution in [0, 0.1) is 0 Å². The third kappa shape index (κ3) is 6.63. The van der Waals surface area contributed by atoms with E-state index in [1.54, 1.807) is 6.20 Å². The first-order valence-corrected chi connectivity index (χ1v) is 18.4. The number of nitrogens with zero attached hydrogens (tertiary/aromatic N) is 7. The Hall–Kier alpha value is -2.62. The maximum Gasteiger partial charge on any atom is 0.386 e. The van der Waals surface area contributed by atoms with E-state index in [0.717, 1.165) is 13.4 Å². The molecule has 0 bridgehead atoms. The van der Waals surface area contributed by atoms with E-state index in [-0.39, 0.29) is 29.5 Å². The van der Waals surface area contributed by atoms with Crippen LogP contribution < -0.4 is 17.0 Å². The van der Waals surface area contributed by atoms with Crippen molar-refractivity contribution in [2.45, 2.75) is 49.7 Å². The van der Waals surface area contributed by atoms with Crippen LogP contribution >= 0.6 is 25.8 Å². The Morgan fingerprint density at radius 2 is 2.02 bits per heavy atom. The number of imidazole rings is 2.